The summed E-state index contributed by atoms with van der Waals surface area (Å²) in [5.41, 5.74) is -3.80. The number of rotatable bonds is 21. The fourth-order valence-electron chi connectivity index (χ4n) is 8.31. The molecule has 0 bridgehead atoms. The van der Waals surface area contributed by atoms with Gasteiger partial charge >= 0.3 is 164 Å². The Hall–Kier alpha value is -6.57. The molecule has 0 unspecified atom stereocenters. The second kappa shape index (κ2) is 40.6. The molecule has 0 spiro atoms. The van der Waals surface area contributed by atoms with Crippen molar-refractivity contribution in [2.24, 2.45) is 11.5 Å². The van der Waals surface area contributed by atoms with E-state index < -0.39 is 148 Å². The molecule has 8 N–H and O–H groups in total. The number of urea groups is 1. The van der Waals surface area contributed by atoms with Crippen molar-refractivity contribution in [2.45, 2.75) is 84.9 Å². The molecule has 7 rings (SSSR count). The van der Waals surface area contributed by atoms with Gasteiger partial charge in [-0.15, -0.1) is 0 Å². The predicted molar refractivity (Wildman–Crippen MR) is 308 cm³/mol. The minimum Gasteiger partial charge on any atom is -1.00 e. The first-order valence-electron chi connectivity index (χ1n) is 27.4. The number of halogens is 25. The molecule has 17 nitrogen and oxygen atoms in total. The summed E-state index contributed by atoms with van der Waals surface area (Å²) >= 11 is 4.92. The number of benzene rings is 7. The largest absolute Gasteiger partial charge is 1.00 e. The average Bonchev–Trinajstić information content (AvgIpc) is 0.778. The minimum absolute atomic E-state index is 0. The van der Waals surface area contributed by atoms with Gasteiger partial charge in [-0.2, -0.15) is 87.8 Å². The molecule has 0 aliphatic rings. The Balaban J connectivity index is 0.00000152. The van der Waals surface area contributed by atoms with Crippen LogP contribution in [0.25, 0.3) is 0 Å². The molecular formula is C61H48ClF24K2N5O12. The van der Waals surface area contributed by atoms with E-state index in [9.17, 15) is 130 Å². The molecule has 44 heteroatoms. The summed E-state index contributed by atoms with van der Waals surface area (Å²) in [5.74, 6) is -5.65. The number of nitrogens with two attached hydrogens (primary N) is 2. The van der Waals surface area contributed by atoms with E-state index in [2.05, 4.69) is 30.1 Å². The molecular weight excluding hydrogens is 1560 g/mol. The molecule has 0 heterocycles. The first-order valence-corrected chi connectivity index (χ1v) is 27.8. The number of carbonyl (C=O) groups is 3. The number of amides is 2. The number of alkyl halides is 20. The summed E-state index contributed by atoms with van der Waals surface area (Å²) in [4.78, 5) is 44.1. The summed E-state index contributed by atoms with van der Waals surface area (Å²) in [5, 5.41) is 39.5. The third-order valence-electron chi connectivity index (χ3n) is 13.4. The van der Waals surface area contributed by atoms with Gasteiger partial charge < -0.3 is 58.1 Å². The number of carbonyl (C=O) groups excluding carboxylic acids is 3. The Kier molecular flexibility index (Phi) is 37.3. The van der Waals surface area contributed by atoms with Crippen molar-refractivity contribution < 1.29 is 263 Å². The number of hydrogen-bond acceptors (Lipinski definition) is 14. The van der Waals surface area contributed by atoms with Crippen LogP contribution in [-0.2, 0) is 33.6 Å². The van der Waals surface area contributed by atoms with E-state index in [1.807, 2.05) is 0 Å². The Bertz CT molecular complexity index is 3860. The van der Waals surface area contributed by atoms with Gasteiger partial charge in [-0.1, -0.05) is 84.9 Å². The second-order valence-electron chi connectivity index (χ2n) is 20.5. The summed E-state index contributed by atoms with van der Waals surface area (Å²) in [6, 6.07) is 31.8. The molecule has 0 radical (unpaired) electrons. The first-order chi connectivity index (χ1) is 47.4. The predicted octanol–water partition coefficient (Wildman–Crippen LogP) is 8.18. The van der Waals surface area contributed by atoms with Crippen LogP contribution >= 0.6 is 11.6 Å². The number of hydrogen-bond donors (Lipinski definition) is 6. The van der Waals surface area contributed by atoms with Crippen LogP contribution in [0.2, 0.25) is 0 Å². The Morgan fingerprint density at radius 3 is 1.25 bits per heavy atom. The van der Waals surface area contributed by atoms with E-state index >= 15 is 0 Å². The quantitative estimate of drug-likeness (QED) is 0.00754. The normalized spacial score (nSPS) is 13.0. The van der Waals surface area contributed by atoms with Gasteiger partial charge in [0.05, 0.1) is 22.5 Å². The van der Waals surface area contributed by atoms with Crippen molar-refractivity contribution >= 4 is 35.2 Å². The molecule has 7 aromatic rings. The molecule has 0 saturated carbocycles. The van der Waals surface area contributed by atoms with E-state index in [0.29, 0.717) is 23.8 Å². The Labute approximate surface area is 666 Å². The molecule has 105 heavy (non-hydrogen) atoms. The van der Waals surface area contributed by atoms with Crippen molar-refractivity contribution in [3.05, 3.63) is 237 Å². The Morgan fingerprint density at radius 2 is 0.905 bits per heavy atom. The molecule has 2 amide bonds. The van der Waals surface area contributed by atoms with Gasteiger partial charge in [0.2, 0.25) is 0 Å². The van der Waals surface area contributed by atoms with Crippen LogP contribution in [0.4, 0.5) is 121 Å². The van der Waals surface area contributed by atoms with E-state index in [0.717, 1.165) is 54.1 Å². The fourth-order valence-corrected chi connectivity index (χ4v) is 8.40. The molecule has 566 valence electrons. The van der Waals surface area contributed by atoms with Crippen LogP contribution in [0.3, 0.4) is 0 Å². The average molecular weight is 1610 g/mol. The van der Waals surface area contributed by atoms with Crippen molar-refractivity contribution in [3.63, 3.8) is 0 Å². The van der Waals surface area contributed by atoms with Crippen LogP contribution < -0.4 is 144 Å². The van der Waals surface area contributed by atoms with Gasteiger partial charge in [-0.05, 0) is 100 Å². The van der Waals surface area contributed by atoms with E-state index in [4.69, 9.17) is 32.5 Å². The number of nitro benzene ring substituents is 1. The third-order valence-corrected chi connectivity index (χ3v) is 13.5. The molecule has 2 atom stereocenters. The van der Waals surface area contributed by atoms with Gasteiger partial charge in [0.15, 0.2) is 0 Å². The zero-order chi connectivity index (χ0) is 78.5. The number of aliphatic hydroxyl groups is 2. The first kappa shape index (κ1) is 96.4. The van der Waals surface area contributed by atoms with E-state index in [1.165, 1.54) is 72.0 Å². The zero-order valence-electron chi connectivity index (χ0n) is 53.8. The van der Waals surface area contributed by atoms with Gasteiger partial charge in [0.25, 0.3) is 23.4 Å². The topological polar surface area (TPSA) is 271 Å². The van der Waals surface area contributed by atoms with Crippen LogP contribution in [0, 0.1) is 33.4 Å². The maximum absolute atomic E-state index is 14.8. The van der Waals surface area contributed by atoms with E-state index in [1.54, 1.807) is 30.3 Å². The molecule has 0 fully saturated rings. The van der Waals surface area contributed by atoms with Crippen LogP contribution in [0.15, 0.2) is 170 Å². The Morgan fingerprint density at radius 1 is 0.533 bits per heavy atom. The van der Waals surface area contributed by atoms with Crippen molar-refractivity contribution in [3.8, 4) is 17.2 Å². The smallest absolute Gasteiger partial charge is 1.00 e. The second-order valence-corrected chi connectivity index (χ2v) is 20.8. The summed E-state index contributed by atoms with van der Waals surface area (Å²) < 4.78 is 322. The number of nitrogens with zero attached hydrogens (tertiary/aromatic N) is 1. The standard InChI is InChI=1S/C27H20F12N2O3.C22H17F6NO.C7H4ClNO4.C4H5F6NO.CH2O3.2K.H/c28-18-8-6-16(7-9-18)23(13-15-4-2-1-3-5-15,17-10-19(29)12-20(11-17)44-25(32,33)21(30)31)41-22(42)40-14-24(43,26(34,35)36)27(37,38)39;23-17-8-6-15(7-9-17)21(29,13-14-4-2-1-3-5-14)16-10-18(24)12-19(11-16)30-22(27,28)20(25)26;8-7(10)13-6-3-1-5(2-4-6)9(11)12;5-3(6,7)2(12,1-11)4(8,9)10;2-1-4-3;;;/h1-12,21,43H,13-14H2,(H2,40,41,42);1-12,20H,13,29H2;1-4H;12H,1,11H2;1,3H;;;/q;;;;;2*+1;-1/p-1/t23-;21-;;;;;;/m11....../s1. The van der Waals surface area contributed by atoms with Crippen LogP contribution in [0.1, 0.15) is 34.8 Å². The van der Waals surface area contributed by atoms with Crippen LogP contribution in [0.5, 0.6) is 17.2 Å². The van der Waals surface area contributed by atoms with Gasteiger partial charge in [-0.25, -0.2) is 27.2 Å². The number of non-ortho nitro benzene ring substituents is 1. The number of nitro groups is 1. The summed E-state index contributed by atoms with van der Waals surface area (Å²) in [6.45, 7) is -4.59. The summed E-state index contributed by atoms with van der Waals surface area (Å²) in [6.07, 6.45) is -43.1. The third kappa shape index (κ3) is 27.9. The maximum atomic E-state index is 14.8. The molecule has 0 aliphatic heterocycles. The van der Waals surface area contributed by atoms with Crippen molar-refractivity contribution in [1.82, 2.24) is 10.6 Å². The van der Waals surface area contributed by atoms with Crippen molar-refractivity contribution in [2.75, 3.05) is 13.1 Å². The van der Waals surface area contributed by atoms with Crippen molar-refractivity contribution in [1.29, 1.82) is 0 Å². The van der Waals surface area contributed by atoms with Gasteiger partial charge in [-0.3, -0.25) is 14.9 Å². The minimum atomic E-state index is -6.32. The monoisotopic (exact) mass is 1610 g/mol. The van der Waals surface area contributed by atoms with Crippen LogP contribution in [-0.4, -0.2) is 107 Å². The molecule has 0 saturated heterocycles. The van der Waals surface area contributed by atoms with E-state index in [-0.39, 0.29) is 151 Å². The molecule has 7 aromatic carbocycles. The molecule has 0 aromatic heterocycles. The fraction of sp³-hybridized carbons (Fsp3) is 0.262. The number of ether oxygens (including phenoxy) is 3. The molecule has 0 aliphatic carbocycles. The summed E-state index contributed by atoms with van der Waals surface area (Å²) in [7, 11) is 0. The van der Waals surface area contributed by atoms with Gasteiger partial charge in [0, 0.05) is 48.8 Å². The number of nitrogens with one attached hydrogen (secondary N) is 2. The zero-order valence-corrected chi connectivity index (χ0v) is 59.8. The van der Waals surface area contributed by atoms with Gasteiger partial charge in [0.1, 0.15) is 40.5 Å². The maximum Gasteiger partial charge on any atom is 1.00 e. The SMILES string of the molecule is NCC(O)(C(F)(F)F)C(F)(F)F.N[C@](Cc1ccccc1)(c1ccc(F)cc1)c1cc(F)cc(OC(F)(F)C(F)F)c1.O=C(Cl)Oc1ccc([N+](=O)[O-])cc1.O=C(NCC(O)(C(F)(F)F)C(F)(F)F)N[C@](Cc1ccccc1)(c1ccc(F)cc1)c1cc(F)cc(OC(F)(F)C(F)F)c1.O=CO[O-].[H-].[K+].[K+].